The van der Waals surface area contributed by atoms with E-state index in [4.69, 9.17) is 4.74 Å². The number of aromatic nitrogens is 6. The van der Waals surface area contributed by atoms with Crippen molar-refractivity contribution in [2.75, 3.05) is 30.4 Å². The van der Waals surface area contributed by atoms with Gasteiger partial charge in [0.05, 0.1) is 12.1 Å². The molecule has 1 saturated heterocycles. The molecular weight excluding hydrogens is 332 g/mol. The molecule has 2 atom stereocenters. The number of nitrogens with one attached hydrogen (secondary N) is 1. The Hall–Kier alpha value is -2.81. The van der Waals surface area contributed by atoms with Gasteiger partial charge in [-0.1, -0.05) is 0 Å². The molecule has 9 nitrogen and oxygen atoms in total. The normalized spacial score (nSPS) is 20.0. The smallest absolute Gasteiger partial charge is 0.254 e. The zero-order valence-corrected chi connectivity index (χ0v) is 15.1. The van der Waals surface area contributed by atoms with Crippen molar-refractivity contribution >= 4 is 17.4 Å². The maximum Gasteiger partial charge on any atom is 0.254 e. The molecule has 1 N–H and O–H groups in total. The zero-order chi connectivity index (χ0) is 18.1. The average Bonchev–Trinajstić information content (AvgIpc) is 3.26. The monoisotopic (exact) mass is 354 g/mol. The molecule has 0 aliphatic carbocycles. The molecule has 136 valence electrons. The van der Waals surface area contributed by atoms with E-state index in [0.717, 1.165) is 42.5 Å². The lowest BCUT2D eigenvalue weighted by Crippen LogP contribution is -2.36. The van der Waals surface area contributed by atoms with Crippen molar-refractivity contribution < 1.29 is 4.74 Å². The lowest BCUT2D eigenvalue weighted by atomic mass is 10.2. The highest BCUT2D eigenvalue weighted by Gasteiger charge is 2.33. The molecule has 0 bridgehead atoms. The highest BCUT2D eigenvalue weighted by Crippen LogP contribution is 2.26. The Labute approximate surface area is 151 Å². The number of aryl methyl sites for hydroxylation is 2. The summed E-state index contributed by atoms with van der Waals surface area (Å²) in [6.07, 6.45) is 4.24. The number of ether oxygens (including phenoxy) is 1. The quantitative estimate of drug-likeness (QED) is 0.731. The van der Waals surface area contributed by atoms with Gasteiger partial charge >= 0.3 is 0 Å². The van der Waals surface area contributed by atoms with E-state index in [9.17, 15) is 0 Å². The van der Waals surface area contributed by atoms with Gasteiger partial charge in [-0.05, 0) is 20.3 Å². The first-order chi connectivity index (χ1) is 12.6. The lowest BCUT2D eigenvalue weighted by molar-refractivity contribution is 0.118. The molecule has 3 aromatic rings. The first-order valence-corrected chi connectivity index (χ1v) is 8.63. The Morgan fingerprint density at radius 1 is 1.15 bits per heavy atom. The number of hydrogen-bond donors (Lipinski definition) is 1. The van der Waals surface area contributed by atoms with Gasteiger partial charge in [0, 0.05) is 43.7 Å². The molecule has 26 heavy (non-hydrogen) atoms. The van der Waals surface area contributed by atoms with Crippen LogP contribution in [0, 0.1) is 13.8 Å². The standard InChI is InChI=1S/C17H22N8O/c1-11-4-15(20-9-19-11)24-8-14(26-3)6-13(24)7-18-16-5-12(2)23-17-21-10-22-25(16)17/h4-5,9-10,13-14,18H,6-8H2,1-3H3/t13-,14-/m0/s1. The lowest BCUT2D eigenvalue weighted by Gasteiger charge is -2.26. The third-order valence-corrected chi connectivity index (χ3v) is 4.69. The molecule has 1 aliphatic heterocycles. The Kier molecular flexibility index (Phi) is 4.37. The Morgan fingerprint density at radius 2 is 2.04 bits per heavy atom. The van der Waals surface area contributed by atoms with Crippen LogP contribution in [0.15, 0.2) is 24.8 Å². The maximum absolute atomic E-state index is 5.60. The topological polar surface area (TPSA) is 93.4 Å². The molecule has 4 heterocycles. The number of hydrogen-bond acceptors (Lipinski definition) is 8. The highest BCUT2D eigenvalue weighted by atomic mass is 16.5. The van der Waals surface area contributed by atoms with Crippen molar-refractivity contribution in [3.05, 3.63) is 36.2 Å². The second kappa shape index (κ2) is 6.83. The van der Waals surface area contributed by atoms with Crippen molar-refractivity contribution in [2.45, 2.75) is 32.4 Å². The molecule has 9 heteroatoms. The highest BCUT2D eigenvalue weighted by molar-refractivity contribution is 5.47. The number of nitrogens with zero attached hydrogens (tertiary/aromatic N) is 7. The van der Waals surface area contributed by atoms with Crippen LogP contribution in [0.4, 0.5) is 11.6 Å². The summed E-state index contributed by atoms with van der Waals surface area (Å²) in [5.41, 5.74) is 1.86. The van der Waals surface area contributed by atoms with E-state index in [2.05, 4.69) is 35.3 Å². The van der Waals surface area contributed by atoms with E-state index >= 15 is 0 Å². The fourth-order valence-electron chi connectivity index (χ4n) is 3.39. The summed E-state index contributed by atoms with van der Waals surface area (Å²) >= 11 is 0. The van der Waals surface area contributed by atoms with Crippen LogP contribution in [-0.2, 0) is 4.74 Å². The minimum absolute atomic E-state index is 0.183. The van der Waals surface area contributed by atoms with Crippen molar-refractivity contribution in [3.8, 4) is 0 Å². The van der Waals surface area contributed by atoms with Crippen molar-refractivity contribution in [3.63, 3.8) is 0 Å². The summed E-state index contributed by atoms with van der Waals surface area (Å²) < 4.78 is 7.32. The van der Waals surface area contributed by atoms with Crippen LogP contribution in [0.1, 0.15) is 17.8 Å². The van der Waals surface area contributed by atoms with Crippen LogP contribution in [0.2, 0.25) is 0 Å². The molecule has 4 rings (SSSR count). The number of rotatable bonds is 5. The van der Waals surface area contributed by atoms with Crippen LogP contribution in [-0.4, -0.2) is 61.9 Å². The minimum Gasteiger partial charge on any atom is -0.380 e. The Morgan fingerprint density at radius 3 is 2.85 bits per heavy atom. The summed E-state index contributed by atoms with van der Waals surface area (Å²) in [6.45, 7) is 5.48. The van der Waals surface area contributed by atoms with Crippen LogP contribution in [0.5, 0.6) is 0 Å². The van der Waals surface area contributed by atoms with Gasteiger partial charge in [-0.25, -0.2) is 15.0 Å². The largest absolute Gasteiger partial charge is 0.380 e. The van der Waals surface area contributed by atoms with Gasteiger partial charge in [0.2, 0.25) is 0 Å². The van der Waals surface area contributed by atoms with Crippen molar-refractivity contribution in [2.24, 2.45) is 0 Å². The molecular formula is C17H22N8O. The summed E-state index contributed by atoms with van der Waals surface area (Å²) in [4.78, 5) is 19.5. The molecule has 0 aromatic carbocycles. The molecule has 0 radical (unpaired) electrons. The van der Waals surface area contributed by atoms with Crippen LogP contribution < -0.4 is 10.2 Å². The van der Waals surface area contributed by atoms with Gasteiger partial charge in [0.15, 0.2) is 0 Å². The van der Waals surface area contributed by atoms with Crippen molar-refractivity contribution in [1.29, 1.82) is 0 Å². The molecule has 0 spiro atoms. The molecule has 0 unspecified atom stereocenters. The average molecular weight is 354 g/mol. The fourth-order valence-corrected chi connectivity index (χ4v) is 3.39. The summed E-state index contributed by atoms with van der Waals surface area (Å²) in [5.74, 6) is 2.40. The van der Waals surface area contributed by atoms with Crippen LogP contribution in [0.25, 0.3) is 5.78 Å². The third-order valence-electron chi connectivity index (χ3n) is 4.69. The molecule has 0 saturated carbocycles. The minimum atomic E-state index is 0.183. The second-order valence-corrected chi connectivity index (χ2v) is 6.55. The molecule has 3 aromatic heterocycles. The summed E-state index contributed by atoms with van der Waals surface area (Å²) in [7, 11) is 1.76. The van der Waals surface area contributed by atoms with Gasteiger partial charge in [-0.15, -0.1) is 0 Å². The molecule has 1 aliphatic rings. The Bertz CT molecular complexity index is 911. The van der Waals surface area contributed by atoms with Crippen molar-refractivity contribution in [1.82, 2.24) is 29.5 Å². The fraction of sp³-hybridized carbons (Fsp3) is 0.471. The van der Waals surface area contributed by atoms with Gasteiger partial charge in [0.25, 0.3) is 5.78 Å². The SMILES string of the molecule is CO[C@H]1C[C@@H](CNc2cc(C)nc3ncnn23)N(c2cc(C)ncn2)C1. The molecule has 1 fully saturated rings. The predicted molar refractivity (Wildman–Crippen MR) is 97.3 cm³/mol. The van der Waals surface area contributed by atoms with Crippen LogP contribution >= 0.6 is 0 Å². The van der Waals surface area contributed by atoms with Gasteiger partial charge in [-0.2, -0.15) is 14.6 Å². The van der Waals surface area contributed by atoms with E-state index in [-0.39, 0.29) is 12.1 Å². The van der Waals surface area contributed by atoms with E-state index in [0.29, 0.717) is 5.78 Å². The number of fused-ring (bicyclic) bond motifs is 1. The van der Waals surface area contributed by atoms with E-state index in [1.807, 2.05) is 26.0 Å². The van der Waals surface area contributed by atoms with Gasteiger partial charge in [0.1, 0.15) is 24.3 Å². The number of anilines is 2. The summed E-state index contributed by atoms with van der Waals surface area (Å²) in [6, 6.07) is 4.24. The Balaban J connectivity index is 1.56. The maximum atomic E-state index is 5.60. The predicted octanol–water partition coefficient (Wildman–Crippen LogP) is 1.24. The van der Waals surface area contributed by atoms with E-state index in [1.165, 1.54) is 6.33 Å². The first-order valence-electron chi connectivity index (χ1n) is 8.63. The molecule has 0 amide bonds. The van der Waals surface area contributed by atoms with Gasteiger partial charge in [-0.3, -0.25) is 0 Å². The number of methoxy groups -OCH3 is 1. The van der Waals surface area contributed by atoms with Gasteiger partial charge < -0.3 is 15.0 Å². The zero-order valence-electron chi connectivity index (χ0n) is 15.1. The first kappa shape index (κ1) is 16.6. The van der Waals surface area contributed by atoms with E-state index in [1.54, 1.807) is 18.0 Å². The second-order valence-electron chi connectivity index (χ2n) is 6.55. The summed E-state index contributed by atoms with van der Waals surface area (Å²) in [5, 5.41) is 7.74. The van der Waals surface area contributed by atoms with Crippen LogP contribution in [0.3, 0.4) is 0 Å². The third kappa shape index (κ3) is 3.17. The van der Waals surface area contributed by atoms with E-state index < -0.39 is 0 Å².